The average Bonchev–Trinajstić information content (AvgIpc) is 3.55. The van der Waals surface area contributed by atoms with E-state index in [4.69, 9.17) is 4.37 Å². The van der Waals surface area contributed by atoms with E-state index in [1.165, 1.54) is 21.2 Å². The summed E-state index contributed by atoms with van der Waals surface area (Å²) >= 11 is 1.59. The fourth-order valence-electron chi connectivity index (χ4n) is 5.13. The molecule has 2 atom stereocenters. The van der Waals surface area contributed by atoms with E-state index >= 15 is 0 Å². The number of carbonyl (C=O) groups excluding carboxylic acids is 1. The normalized spacial score (nSPS) is 19.8. The van der Waals surface area contributed by atoms with Gasteiger partial charge < -0.3 is 15.5 Å². The van der Waals surface area contributed by atoms with Crippen molar-refractivity contribution in [2.75, 3.05) is 42.9 Å². The lowest BCUT2D eigenvalue weighted by Crippen LogP contribution is -2.47. The zero-order valence-electron chi connectivity index (χ0n) is 20.3. The van der Waals surface area contributed by atoms with E-state index in [0.717, 1.165) is 57.1 Å². The fourth-order valence-corrected chi connectivity index (χ4v) is 5.93. The minimum atomic E-state index is -0.124. The maximum absolute atomic E-state index is 12.5. The van der Waals surface area contributed by atoms with Crippen LogP contribution in [0.1, 0.15) is 23.5 Å². The molecule has 184 valence electrons. The molecule has 4 aromatic rings. The van der Waals surface area contributed by atoms with Crippen molar-refractivity contribution in [3.8, 4) is 0 Å². The zero-order chi connectivity index (χ0) is 24.3. The van der Waals surface area contributed by atoms with Crippen LogP contribution >= 0.6 is 11.5 Å². The maximum Gasteiger partial charge on any atom is 0.319 e. The summed E-state index contributed by atoms with van der Waals surface area (Å²) in [5.41, 5.74) is 3.39. The molecule has 1 aliphatic carbocycles. The standard InChI is InChI=1S/C29H31N5OS/c35-29(31-26-20-25(26)22-8-2-1-3-9-22)30-23-10-6-7-21(19-23)13-14-33-15-17-34(18-16-33)28-24-11-4-5-12-27(24)36-32-28/h1-12,19,25-26H,13-18,20H2,(H2,30,31,35). The SMILES string of the molecule is O=C(Nc1cccc(CCN2CCN(c3nsc4ccccc34)CC2)c1)NC1CC1c1ccccc1. The Balaban J connectivity index is 0.966. The second-order valence-electron chi connectivity index (χ2n) is 9.74. The Kier molecular flexibility index (Phi) is 6.57. The van der Waals surface area contributed by atoms with E-state index in [1.807, 2.05) is 18.2 Å². The Morgan fingerprint density at radius 3 is 2.61 bits per heavy atom. The molecule has 1 aromatic heterocycles. The van der Waals surface area contributed by atoms with E-state index in [2.05, 4.69) is 81.1 Å². The molecule has 36 heavy (non-hydrogen) atoms. The van der Waals surface area contributed by atoms with Gasteiger partial charge in [0.05, 0.1) is 4.70 Å². The van der Waals surface area contributed by atoms with Gasteiger partial charge in [-0.05, 0) is 59.8 Å². The highest BCUT2D eigenvalue weighted by atomic mass is 32.1. The Bertz CT molecular complexity index is 1330. The molecule has 2 unspecified atom stereocenters. The predicted octanol–water partition coefficient (Wildman–Crippen LogP) is 5.34. The van der Waals surface area contributed by atoms with Gasteiger partial charge in [0.1, 0.15) is 5.82 Å². The van der Waals surface area contributed by atoms with Gasteiger partial charge in [0.25, 0.3) is 0 Å². The number of urea groups is 1. The van der Waals surface area contributed by atoms with Gasteiger partial charge >= 0.3 is 6.03 Å². The van der Waals surface area contributed by atoms with E-state index in [-0.39, 0.29) is 12.1 Å². The number of nitrogens with one attached hydrogen (secondary N) is 2. The number of rotatable bonds is 7. The number of benzene rings is 3. The Labute approximate surface area is 216 Å². The van der Waals surface area contributed by atoms with Gasteiger partial charge in [-0.15, -0.1) is 0 Å². The lowest BCUT2D eigenvalue weighted by atomic mass is 10.1. The van der Waals surface area contributed by atoms with Gasteiger partial charge in [0.2, 0.25) is 0 Å². The highest BCUT2D eigenvalue weighted by Crippen LogP contribution is 2.40. The molecular formula is C29H31N5OS. The minimum Gasteiger partial charge on any atom is -0.353 e. The van der Waals surface area contributed by atoms with Crippen LogP contribution in [0.2, 0.25) is 0 Å². The molecule has 2 fully saturated rings. The molecule has 3 aromatic carbocycles. The summed E-state index contributed by atoms with van der Waals surface area (Å²) in [6.45, 7) is 5.09. The third-order valence-electron chi connectivity index (χ3n) is 7.27. The van der Waals surface area contributed by atoms with Crippen LogP contribution in [0.4, 0.5) is 16.3 Å². The number of anilines is 2. The van der Waals surface area contributed by atoms with Crippen molar-refractivity contribution in [1.29, 1.82) is 0 Å². The molecule has 2 N–H and O–H groups in total. The summed E-state index contributed by atoms with van der Waals surface area (Å²) < 4.78 is 5.98. The number of aromatic nitrogens is 1. The second-order valence-corrected chi connectivity index (χ2v) is 10.5. The van der Waals surface area contributed by atoms with Crippen LogP contribution in [0.25, 0.3) is 10.1 Å². The first-order valence-corrected chi connectivity index (χ1v) is 13.5. The molecule has 0 spiro atoms. The molecule has 0 bridgehead atoms. The Morgan fingerprint density at radius 2 is 1.75 bits per heavy atom. The first-order valence-electron chi connectivity index (χ1n) is 12.8. The number of amides is 2. The van der Waals surface area contributed by atoms with Gasteiger partial charge in [-0.1, -0.05) is 54.6 Å². The first kappa shape index (κ1) is 23.0. The highest BCUT2D eigenvalue weighted by Gasteiger charge is 2.39. The molecule has 1 aliphatic heterocycles. The largest absolute Gasteiger partial charge is 0.353 e. The summed E-state index contributed by atoms with van der Waals surface area (Å²) in [5, 5.41) is 7.40. The summed E-state index contributed by atoms with van der Waals surface area (Å²) in [6, 6.07) is 27.2. The van der Waals surface area contributed by atoms with E-state index in [9.17, 15) is 4.79 Å². The van der Waals surface area contributed by atoms with Crippen molar-refractivity contribution in [2.24, 2.45) is 0 Å². The monoisotopic (exact) mass is 497 g/mol. The minimum absolute atomic E-state index is 0.124. The van der Waals surface area contributed by atoms with Gasteiger partial charge in [-0.25, -0.2) is 4.79 Å². The van der Waals surface area contributed by atoms with Gasteiger partial charge in [0.15, 0.2) is 0 Å². The highest BCUT2D eigenvalue weighted by molar-refractivity contribution is 7.13. The molecule has 1 saturated carbocycles. The molecule has 0 radical (unpaired) electrons. The number of piperazine rings is 1. The number of nitrogens with zero attached hydrogens (tertiary/aromatic N) is 3. The van der Waals surface area contributed by atoms with Gasteiger partial charge in [0, 0.05) is 55.8 Å². The van der Waals surface area contributed by atoms with Crippen molar-refractivity contribution in [3.05, 3.63) is 90.0 Å². The molecular weight excluding hydrogens is 466 g/mol. The van der Waals surface area contributed by atoms with Crippen LogP contribution in [0.15, 0.2) is 78.9 Å². The Morgan fingerprint density at radius 1 is 0.944 bits per heavy atom. The summed E-state index contributed by atoms with van der Waals surface area (Å²) in [4.78, 5) is 17.5. The number of fused-ring (bicyclic) bond motifs is 1. The van der Waals surface area contributed by atoms with Crippen molar-refractivity contribution in [2.45, 2.75) is 24.8 Å². The van der Waals surface area contributed by atoms with Gasteiger partial charge in [-0.2, -0.15) is 4.37 Å². The van der Waals surface area contributed by atoms with Crippen LogP contribution in [0, 0.1) is 0 Å². The first-order chi connectivity index (χ1) is 17.7. The maximum atomic E-state index is 12.5. The average molecular weight is 498 g/mol. The van der Waals surface area contributed by atoms with Crippen LogP contribution in [-0.2, 0) is 6.42 Å². The predicted molar refractivity (Wildman–Crippen MR) is 148 cm³/mol. The van der Waals surface area contributed by atoms with Crippen LogP contribution in [0.3, 0.4) is 0 Å². The van der Waals surface area contributed by atoms with Crippen LogP contribution in [-0.4, -0.2) is 54.1 Å². The lowest BCUT2D eigenvalue weighted by Gasteiger charge is -2.35. The zero-order valence-corrected chi connectivity index (χ0v) is 21.1. The van der Waals surface area contributed by atoms with Gasteiger partial charge in [-0.3, -0.25) is 4.90 Å². The smallest absolute Gasteiger partial charge is 0.319 e. The number of carbonyl (C=O) groups is 1. The quantitative estimate of drug-likeness (QED) is 0.362. The Hall–Kier alpha value is -3.42. The molecule has 2 aliphatic rings. The molecule has 2 heterocycles. The van der Waals surface area contributed by atoms with Crippen molar-refractivity contribution >= 4 is 39.2 Å². The van der Waals surface area contributed by atoms with E-state index < -0.39 is 0 Å². The molecule has 7 heteroatoms. The van der Waals surface area contributed by atoms with Crippen LogP contribution < -0.4 is 15.5 Å². The van der Waals surface area contributed by atoms with E-state index in [0.29, 0.717) is 5.92 Å². The molecule has 2 amide bonds. The molecule has 6 nitrogen and oxygen atoms in total. The third kappa shape index (κ3) is 5.22. The summed E-state index contributed by atoms with van der Waals surface area (Å²) in [7, 11) is 0. The summed E-state index contributed by atoms with van der Waals surface area (Å²) in [5.74, 6) is 1.56. The lowest BCUT2D eigenvalue weighted by molar-refractivity contribution is 0.251. The number of hydrogen-bond acceptors (Lipinski definition) is 5. The third-order valence-corrected chi connectivity index (χ3v) is 8.08. The van der Waals surface area contributed by atoms with Crippen LogP contribution in [0.5, 0.6) is 0 Å². The van der Waals surface area contributed by atoms with E-state index in [1.54, 1.807) is 11.5 Å². The van der Waals surface area contributed by atoms with Crippen molar-refractivity contribution in [1.82, 2.24) is 14.6 Å². The summed E-state index contributed by atoms with van der Waals surface area (Å²) in [6.07, 6.45) is 1.97. The van der Waals surface area contributed by atoms with Crippen molar-refractivity contribution in [3.63, 3.8) is 0 Å². The molecule has 1 saturated heterocycles. The molecule has 6 rings (SSSR count). The van der Waals surface area contributed by atoms with Crippen molar-refractivity contribution < 1.29 is 4.79 Å². The fraction of sp³-hybridized carbons (Fsp3) is 0.310. The number of hydrogen-bond donors (Lipinski definition) is 2. The second kappa shape index (κ2) is 10.3. The topological polar surface area (TPSA) is 60.5 Å².